The van der Waals surface area contributed by atoms with Crippen molar-refractivity contribution in [3.05, 3.63) is 72.3 Å². The summed E-state index contributed by atoms with van der Waals surface area (Å²) in [7, 11) is 1.57. The first kappa shape index (κ1) is 20.2. The molecule has 0 amide bonds. The molecule has 3 N–H and O–H groups in total. The van der Waals surface area contributed by atoms with Crippen molar-refractivity contribution < 1.29 is 29.6 Å². The Balaban J connectivity index is 1.76. The van der Waals surface area contributed by atoms with E-state index < -0.39 is 5.97 Å². The summed E-state index contributed by atoms with van der Waals surface area (Å²) in [5.74, 6) is -0.00229. The number of aromatic hydroxyl groups is 3. The Kier molecular flexibility index (Phi) is 6.31. The van der Waals surface area contributed by atoms with Crippen molar-refractivity contribution in [2.45, 2.75) is 9.79 Å². The second-order valence-electron chi connectivity index (χ2n) is 5.91. The molecule has 6 nitrogen and oxygen atoms in total. The Bertz CT molecular complexity index is 1040. The number of phenols is 3. The predicted molar refractivity (Wildman–Crippen MR) is 110 cm³/mol. The summed E-state index contributed by atoms with van der Waals surface area (Å²) in [5, 5.41) is 29.1. The van der Waals surface area contributed by atoms with Gasteiger partial charge in [-0.05, 0) is 48.0 Å². The molecule has 0 saturated carbocycles. The fourth-order valence-electron chi connectivity index (χ4n) is 2.39. The molecular weight excluding hydrogens is 392 g/mol. The number of ether oxygens (including phenoxy) is 2. The monoisotopic (exact) mass is 410 g/mol. The first-order valence-electron chi connectivity index (χ1n) is 8.51. The number of phenolic OH excluding ortho intramolecular Hbond substituents is 3. The summed E-state index contributed by atoms with van der Waals surface area (Å²) in [4.78, 5) is 13.2. The van der Waals surface area contributed by atoms with Crippen LogP contribution in [0.4, 0.5) is 0 Å². The normalized spacial score (nSPS) is 10.8. The van der Waals surface area contributed by atoms with E-state index in [1.165, 1.54) is 36.4 Å². The highest BCUT2D eigenvalue weighted by molar-refractivity contribution is 7.99. The number of hydrogen-bond acceptors (Lipinski definition) is 7. The Morgan fingerprint density at radius 1 is 0.897 bits per heavy atom. The highest BCUT2D eigenvalue weighted by Gasteiger charge is 2.13. The van der Waals surface area contributed by atoms with Gasteiger partial charge in [0.2, 0.25) is 0 Å². The van der Waals surface area contributed by atoms with Gasteiger partial charge in [-0.15, -0.1) is 0 Å². The van der Waals surface area contributed by atoms with Crippen molar-refractivity contribution in [3.63, 3.8) is 0 Å². The molecule has 0 unspecified atom stereocenters. The third-order valence-corrected chi connectivity index (χ3v) is 4.95. The van der Waals surface area contributed by atoms with Crippen molar-refractivity contribution in [3.8, 4) is 28.7 Å². The molecule has 0 heterocycles. The SMILES string of the molecule is COc1ccc(C=CC(=O)Oc2cc(O)ccc2Sc2ccc(O)cc2O)cc1. The average molecular weight is 410 g/mol. The van der Waals surface area contributed by atoms with E-state index in [0.717, 1.165) is 17.3 Å². The lowest BCUT2D eigenvalue weighted by Gasteiger charge is -2.10. The largest absolute Gasteiger partial charge is 0.508 e. The van der Waals surface area contributed by atoms with Crippen LogP contribution in [0.5, 0.6) is 28.7 Å². The molecule has 7 heteroatoms. The number of carbonyl (C=O) groups is 1. The molecule has 0 radical (unpaired) electrons. The van der Waals surface area contributed by atoms with Crippen molar-refractivity contribution in [2.75, 3.05) is 7.11 Å². The van der Waals surface area contributed by atoms with Crippen LogP contribution in [0.25, 0.3) is 6.08 Å². The fraction of sp³-hybridized carbons (Fsp3) is 0.0455. The molecule has 0 aliphatic carbocycles. The number of benzene rings is 3. The summed E-state index contributed by atoms with van der Waals surface area (Å²) in [6.07, 6.45) is 2.88. The minimum atomic E-state index is -0.622. The Hall–Kier alpha value is -3.58. The van der Waals surface area contributed by atoms with E-state index in [0.29, 0.717) is 15.5 Å². The maximum absolute atomic E-state index is 12.2. The topological polar surface area (TPSA) is 96.2 Å². The molecule has 3 rings (SSSR count). The summed E-state index contributed by atoms with van der Waals surface area (Å²) in [6, 6.07) is 15.7. The molecule has 148 valence electrons. The zero-order chi connectivity index (χ0) is 20.8. The molecular formula is C22H18O6S. The number of rotatable bonds is 6. The maximum atomic E-state index is 12.2. The standard InChI is InChI=1S/C22H18O6S/c1-27-17-7-2-14(3-8-17)4-11-22(26)28-19-13-16(24)6-10-21(19)29-20-9-5-15(23)12-18(20)25/h2-13,23-25H,1H3. The second-order valence-corrected chi connectivity index (χ2v) is 7.00. The van der Waals surface area contributed by atoms with Crippen molar-refractivity contribution in [1.29, 1.82) is 0 Å². The van der Waals surface area contributed by atoms with E-state index in [-0.39, 0.29) is 23.0 Å². The predicted octanol–water partition coefficient (Wildman–Crippen LogP) is 4.58. The number of esters is 1. The lowest BCUT2D eigenvalue weighted by molar-refractivity contribution is -0.129. The van der Waals surface area contributed by atoms with Gasteiger partial charge in [0.1, 0.15) is 28.7 Å². The van der Waals surface area contributed by atoms with Crippen LogP contribution in [0.3, 0.4) is 0 Å². The van der Waals surface area contributed by atoms with E-state index in [1.807, 2.05) is 0 Å². The number of methoxy groups -OCH3 is 1. The lowest BCUT2D eigenvalue weighted by Crippen LogP contribution is -2.04. The first-order valence-corrected chi connectivity index (χ1v) is 9.33. The van der Waals surface area contributed by atoms with Gasteiger partial charge < -0.3 is 24.8 Å². The van der Waals surface area contributed by atoms with E-state index in [1.54, 1.807) is 43.5 Å². The zero-order valence-electron chi connectivity index (χ0n) is 15.4. The van der Waals surface area contributed by atoms with Gasteiger partial charge in [-0.25, -0.2) is 4.79 Å². The zero-order valence-corrected chi connectivity index (χ0v) is 16.2. The first-order chi connectivity index (χ1) is 13.9. The van der Waals surface area contributed by atoms with Crippen molar-refractivity contribution in [1.82, 2.24) is 0 Å². The van der Waals surface area contributed by atoms with Gasteiger partial charge in [0.05, 0.1) is 16.9 Å². The van der Waals surface area contributed by atoms with E-state index in [9.17, 15) is 20.1 Å². The molecule has 0 saturated heterocycles. The third kappa shape index (κ3) is 5.46. The highest BCUT2D eigenvalue weighted by atomic mass is 32.2. The van der Waals surface area contributed by atoms with Gasteiger partial charge in [-0.2, -0.15) is 0 Å². The summed E-state index contributed by atoms with van der Waals surface area (Å²) in [5.41, 5.74) is 0.794. The van der Waals surface area contributed by atoms with Crippen molar-refractivity contribution in [2.24, 2.45) is 0 Å². The number of carbonyl (C=O) groups excluding carboxylic acids is 1. The Morgan fingerprint density at radius 2 is 1.55 bits per heavy atom. The van der Waals surface area contributed by atoms with Crippen LogP contribution < -0.4 is 9.47 Å². The molecule has 0 aliphatic rings. The van der Waals surface area contributed by atoms with E-state index in [4.69, 9.17) is 9.47 Å². The van der Waals surface area contributed by atoms with Gasteiger partial charge in [-0.3, -0.25) is 0 Å². The quantitative estimate of drug-likeness (QED) is 0.311. The van der Waals surface area contributed by atoms with Gasteiger partial charge in [0.25, 0.3) is 0 Å². The highest BCUT2D eigenvalue weighted by Crippen LogP contribution is 2.41. The molecule has 29 heavy (non-hydrogen) atoms. The Labute approximate surface area is 171 Å². The van der Waals surface area contributed by atoms with Crippen LogP contribution in [0.1, 0.15) is 5.56 Å². The molecule has 0 aliphatic heterocycles. The molecule has 0 fully saturated rings. The van der Waals surface area contributed by atoms with Crippen LogP contribution >= 0.6 is 11.8 Å². The van der Waals surface area contributed by atoms with Crippen LogP contribution in [-0.4, -0.2) is 28.4 Å². The molecule has 0 bridgehead atoms. The molecule has 0 aromatic heterocycles. The molecule has 3 aromatic carbocycles. The van der Waals surface area contributed by atoms with Gasteiger partial charge in [-0.1, -0.05) is 23.9 Å². The second kappa shape index (κ2) is 9.07. The number of hydrogen-bond donors (Lipinski definition) is 3. The lowest BCUT2D eigenvalue weighted by atomic mass is 10.2. The smallest absolute Gasteiger partial charge is 0.336 e. The van der Waals surface area contributed by atoms with Crippen LogP contribution in [0.2, 0.25) is 0 Å². The van der Waals surface area contributed by atoms with Gasteiger partial charge in [0, 0.05) is 18.2 Å². The van der Waals surface area contributed by atoms with Crippen LogP contribution in [0, 0.1) is 0 Å². The third-order valence-electron chi connectivity index (χ3n) is 3.83. The minimum absolute atomic E-state index is 0.0622. The minimum Gasteiger partial charge on any atom is -0.508 e. The Morgan fingerprint density at radius 3 is 2.21 bits per heavy atom. The van der Waals surface area contributed by atoms with E-state index in [2.05, 4.69) is 0 Å². The van der Waals surface area contributed by atoms with Crippen molar-refractivity contribution >= 4 is 23.8 Å². The summed E-state index contributed by atoms with van der Waals surface area (Å²) < 4.78 is 10.5. The molecule has 0 spiro atoms. The summed E-state index contributed by atoms with van der Waals surface area (Å²) in [6.45, 7) is 0. The summed E-state index contributed by atoms with van der Waals surface area (Å²) >= 11 is 1.13. The van der Waals surface area contributed by atoms with E-state index >= 15 is 0 Å². The molecule has 3 aromatic rings. The average Bonchev–Trinajstić information content (AvgIpc) is 2.70. The van der Waals surface area contributed by atoms with Crippen LogP contribution in [-0.2, 0) is 4.79 Å². The van der Waals surface area contributed by atoms with Gasteiger partial charge >= 0.3 is 5.97 Å². The molecule has 0 atom stereocenters. The van der Waals surface area contributed by atoms with Crippen LogP contribution in [0.15, 0.2) is 76.5 Å². The van der Waals surface area contributed by atoms with Gasteiger partial charge in [0.15, 0.2) is 0 Å². The fourth-order valence-corrected chi connectivity index (χ4v) is 3.27. The maximum Gasteiger partial charge on any atom is 0.336 e.